The van der Waals surface area contributed by atoms with Gasteiger partial charge in [0.05, 0.1) is 7.11 Å². The third-order valence-corrected chi connectivity index (χ3v) is 4.84. The zero-order chi connectivity index (χ0) is 23.8. The van der Waals surface area contributed by atoms with Crippen LogP contribution in [0.3, 0.4) is 0 Å². The SMILES string of the molecule is COc1cc(-c2nc3c(C(N)=O)c[nH]n3c2NC(C)(C)CC(C)(C)C)ccc1OC(C)=O. The summed E-state index contributed by atoms with van der Waals surface area (Å²) < 4.78 is 12.3. The van der Waals surface area contributed by atoms with Gasteiger partial charge in [0.15, 0.2) is 23.0 Å². The quantitative estimate of drug-likeness (QED) is 0.376. The van der Waals surface area contributed by atoms with E-state index in [-0.39, 0.29) is 16.5 Å². The molecule has 0 unspecified atom stereocenters. The molecule has 32 heavy (non-hydrogen) atoms. The number of hydrogen-bond acceptors (Lipinski definition) is 6. The third-order valence-electron chi connectivity index (χ3n) is 4.84. The number of carbonyl (C=O) groups excluding carboxylic acids is 2. The van der Waals surface area contributed by atoms with Gasteiger partial charge in [0.2, 0.25) is 0 Å². The molecule has 0 aliphatic carbocycles. The second kappa shape index (κ2) is 8.22. The van der Waals surface area contributed by atoms with Gasteiger partial charge in [-0.05, 0) is 43.9 Å². The van der Waals surface area contributed by atoms with Gasteiger partial charge in [-0.1, -0.05) is 20.8 Å². The first-order valence-corrected chi connectivity index (χ1v) is 10.4. The maximum Gasteiger partial charge on any atom is 0.308 e. The molecule has 0 aliphatic heterocycles. The third kappa shape index (κ3) is 4.87. The molecular formula is C23H31N5O4. The van der Waals surface area contributed by atoms with Crippen LogP contribution in [0, 0.1) is 5.41 Å². The number of amides is 1. The lowest BCUT2D eigenvalue weighted by molar-refractivity contribution is -0.132. The van der Waals surface area contributed by atoms with E-state index in [1.165, 1.54) is 14.0 Å². The van der Waals surface area contributed by atoms with Crippen molar-refractivity contribution in [3.8, 4) is 22.8 Å². The predicted octanol–water partition coefficient (Wildman–Crippen LogP) is 3.99. The van der Waals surface area contributed by atoms with Crippen LogP contribution in [0.25, 0.3) is 16.9 Å². The Balaban J connectivity index is 2.17. The van der Waals surface area contributed by atoms with Crippen molar-refractivity contribution in [2.45, 2.75) is 53.5 Å². The zero-order valence-corrected chi connectivity index (χ0v) is 19.6. The van der Waals surface area contributed by atoms with Crippen LogP contribution in [0.15, 0.2) is 24.4 Å². The van der Waals surface area contributed by atoms with E-state index in [0.717, 1.165) is 12.0 Å². The monoisotopic (exact) mass is 441 g/mol. The Bertz CT molecular complexity index is 1170. The highest BCUT2D eigenvalue weighted by Crippen LogP contribution is 2.38. The van der Waals surface area contributed by atoms with Crippen molar-refractivity contribution >= 4 is 23.3 Å². The fraction of sp³-hybridized carbons (Fsp3) is 0.435. The van der Waals surface area contributed by atoms with Gasteiger partial charge in [0, 0.05) is 24.2 Å². The molecule has 2 aromatic heterocycles. The number of carbonyl (C=O) groups is 2. The Morgan fingerprint density at radius 3 is 2.44 bits per heavy atom. The van der Waals surface area contributed by atoms with Crippen molar-refractivity contribution in [1.29, 1.82) is 0 Å². The first kappa shape index (κ1) is 23.2. The fourth-order valence-corrected chi connectivity index (χ4v) is 4.16. The molecule has 0 saturated carbocycles. The second-order valence-electron chi connectivity index (χ2n) is 9.72. The zero-order valence-electron chi connectivity index (χ0n) is 19.6. The fourth-order valence-electron chi connectivity index (χ4n) is 4.16. The molecule has 9 nitrogen and oxygen atoms in total. The number of hydrogen-bond donors (Lipinski definition) is 3. The summed E-state index contributed by atoms with van der Waals surface area (Å²) >= 11 is 0. The van der Waals surface area contributed by atoms with E-state index in [4.69, 9.17) is 20.2 Å². The smallest absolute Gasteiger partial charge is 0.308 e. The van der Waals surface area contributed by atoms with Crippen molar-refractivity contribution in [3.63, 3.8) is 0 Å². The number of primary amides is 1. The van der Waals surface area contributed by atoms with Crippen molar-refractivity contribution in [1.82, 2.24) is 14.6 Å². The van der Waals surface area contributed by atoms with Crippen LogP contribution >= 0.6 is 0 Å². The van der Waals surface area contributed by atoms with Gasteiger partial charge in [-0.15, -0.1) is 0 Å². The van der Waals surface area contributed by atoms with E-state index < -0.39 is 11.9 Å². The lowest BCUT2D eigenvalue weighted by Crippen LogP contribution is -2.36. The van der Waals surface area contributed by atoms with E-state index in [0.29, 0.717) is 28.7 Å². The summed E-state index contributed by atoms with van der Waals surface area (Å²) in [4.78, 5) is 28.0. The summed E-state index contributed by atoms with van der Waals surface area (Å²) in [7, 11) is 1.50. The topological polar surface area (TPSA) is 124 Å². The Hall–Kier alpha value is -3.49. The van der Waals surface area contributed by atoms with Gasteiger partial charge >= 0.3 is 5.97 Å². The minimum absolute atomic E-state index is 0.0868. The first-order valence-electron chi connectivity index (χ1n) is 10.4. The van der Waals surface area contributed by atoms with E-state index in [9.17, 15) is 9.59 Å². The highest BCUT2D eigenvalue weighted by Gasteiger charge is 2.29. The second-order valence-corrected chi connectivity index (χ2v) is 9.72. The van der Waals surface area contributed by atoms with Crippen LogP contribution in [-0.2, 0) is 4.79 Å². The molecule has 0 radical (unpaired) electrons. The van der Waals surface area contributed by atoms with Crippen molar-refractivity contribution in [2.75, 3.05) is 12.4 Å². The average molecular weight is 442 g/mol. The number of benzene rings is 1. The lowest BCUT2D eigenvalue weighted by atomic mass is 9.82. The van der Waals surface area contributed by atoms with E-state index in [1.807, 2.05) is 0 Å². The van der Waals surface area contributed by atoms with Crippen molar-refractivity contribution in [2.24, 2.45) is 11.1 Å². The maximum absolute atomic E-state index is 11.9. The summed E-state index contributed by atoms with van der Waals surface area (Å²) in [5.74, 6) is 0.377. The number of esters is 1. The molecule has 0 saturated heterocycles. The molecule has 1 aromatic carbocycles. The van der Waals surface area contributed by atoms with Gasteiger partial charge in [-0.3, -0.25) is 14.7 Å². The number of nitrogens with one attached hydrogen (secondary N) is 2. The molecule has 9 heteroatoms. The maximum atomic E-state index is 11.9. The van der Waals surface area contributed by atoms with Crippen molar-refractivity contribution < 1.29 is 19.1 Å². The van der Waals surface area contributed by atoms with Crippen LogP contribution in [0.2, 0.25) is 0 Å². The Kier molecular flexibility index (Phi) is 5.95. The molecule has 0 atom stereocenters. The number of H-pyrrole nitrogens is 1. The highest BCUT2D eigenvalue weighted by molar-refractivity contribution is 5.99. The van der Waals surface area contributed by atoms with Gasteiger partial charge in [0.25, 0.3) is 5.91 Å². The highest BCUT2D eigenvalue weighted by atomic mass is 16.6. The molecule has 0 spiro atoms. The van der Waals surface area contributed by atoms with E-state index in [2.05, 4.69) is 45.0 Å². The summed E-state index contributed by atoms with van der Waals surface area (Å²) in [6.45, 7) is 12.1. The molecule has 172 valence electrons. The number of aromatic nitrogens is 3. The van der Waals surface area contributed by atoms with Gasteiger partial charge in [-0.2, -0.15) is 0 Å². The number of anilines is 1. The predicted molar refractivity (Wildman–Crippen MR) is 123 cm³/mol. The Labute approximate surface area is 187 Å². The molecule has 0 aliphatic rings. The van der Waals surface area contributed by atoms with Crippen LogP contribution in [0.5, 0.6) is 11.5 Å². The van der Waals surface area contributed by atoms with Crippen LogP contribution in [0.1, 0.15) is 58.3 Å². The number of nitrogens with two attached hydrogens (primary N) is 1. The number of fused-ring (bicyclic) bond motifs is 1. The summed E-state index contributed by atoms with van der Waals surface area (Å²) in [6.07, 6.45) is 2.42. The van der Waals surface area contributed by atoms with Gasteiger partial charge in [0.1, 0.15) is 11.3 Å². The number of methoxy groups -OCH3 is 1. The lowest BCUT2D eigenvalue weighted by Gasteiger charge is -2.34. The van der Waals surface area contributed by atoms with E-state index in [1.54, 1.807) is 28.9 Å². The molecule has 4 N–H and O–H groups in total. The molecule has 3 rings (SSSR count). The minimum atomic E-state index is -0.573. The van der Waals surface area contributed by atoms with Crippen LogP contribution in [-0.4, -0.2) is 39.1 Å². The first-order chi connectivity index (χ1) is 14.8. The number of ether oxygens (including phenoxy) is 2. The Morgan fingerprint density at radius 2 is 1.88 bits per heavy atom. The standard InChI is InChI=1S/C23H31N5O4/c1-13(29)32-16-9-8-14(10-17(16)31-7)18-21(27-23(5,6)12-22(2,3)4)28-20(26-18)15(11-25-28)19(24)30/h8-11,25,27H,12H2,1-7H3,(H2,24,30). The molecule has 0 bridgehead atoms. The Morgan fingerprint density at radius 1 is 1.19 bits per heavy atom. The molecule has 0 fully saturated rings. The average Bonchev–Trinajstić information content (AvgIpc) is 3.19. The number of nitrogens with zero attached hydrogens (tertiary/aromatic N) is 2. The summed E-state index contributed by atoms with van der Waals surface area (Å²) in [5, 5.41) is 6.66. The van der Waals surface area contributed by atoms with E-state index >= 15 is 0 Å². The molecule has 2 heterocycles. The minimum Gasteiger partial charge on any atom is -0.493 e. The number of imidazole rings is 1. The van der Waals surface area contributed by atoms with Crippen molar-refractivity contribution in [3.05, 3.63) is 30.0 Å². The van der Waals surface area contributed by atoms with Crippen LogP contribution < -0.4 is 20.5 Å². The van der Waals surface area contributed by atoms with Crippen LogP contribution in [0.4, 0.5) is 5.82 Å². The van der Waals surface area contributed by atoms with Gasteiger partial charge < -0.3 is 20.5 Å². The van der Waals surface area contributed by atoms with Gasteiger partial charge in [-0.25, -0.2) is 9.50 Å². The normalized spacial score (nSPS) is 12.1. The number of aromatic amines is 1. The number of rotatable bonds is 7. The largest absolute Gasteiger partial charge is 0.493 e. The summed E-state index contributed by atoms with van der Waals surface area (Å²) in [5.41, 5.74) is 7.38. The molecular weight excluding hydrogens is 410 g/mol. The molecule has 3 aromatic rings. The summed E-state index contributed by atoms with van der Waals surface area (Å²) in [6, 6.07) is 5.18. The molecule has 1 amide bonds.